The normalized spacial score (nSPS) is 22.6. The number of nitrogens with zero attached hydrogens (tertiary/aromatic N) is 2. The zero-order valence-electron chi connectivity index (χ0n) is 17.3. The fraction of sp³-hybridized carbons (Fsp3) is 0.500. The summed E-state index contributed by atoms with van der Waals surface area (Å²) in [5.74, 6) is -0.597. The summed E-state index contributed by atoms with van der Waals surface area (Å²) in [7, 11) is 1.91. The third-order valence-corrected chi connectivity index (χ3v) is 6.47. The van der Waals surface area contributed by atoms with E-state index in [0.29, 0.717) is 29.3 Å². The predicted molar refractivity (Wildman–Crippen MR) is 109 cm³/mol. The van der Waals surface area contributed by atoms with Gasteiger partial charge in [-0.2, -0.15) is 0 Å². The molecule has 1 aromatic heterocycles. The van der Waals surface area contributed by atoms with Gasteiger partial charge in [0.05, 0.1) is 24.1 Å². The van der Waals surface area contributed by atoms with Gasteiger partial charge in [-0.1, -0.05) is 25.1 Å². The van der Waals surface area contributed by atoms with E-state index in [4.69, 9.17) is 0 Å². The summed E-state index contributed by atoms with van der Waals surface area (Å²) in [4.78, 5) is 14.8. The second-order valence-electron chi connectivity index (χ2n) is 8.25. The van der Waals surface area contributed by atoms with E-state index in [1.54, 1.807) is 6.07 Å². The standard InChI is InChI=1S/C22H26F3N3O2/c1-4-14(11-29)26-21(30)13-8-17-15-6-5-7-18-20(15)16(9-19(17)27(3)10-13)12(2)28(18)22(23,24)25/h5-8,13-14,19,29H,4,9-11H2,1-3H3,(H,26,30)/t13-,14+,19-/m1/s1. The van der Waals surface area contributed by atoms with Crippen LogP contribution in [0.25, 0.3) is 16.5 Å². The summed E-state index contributed by atoms with van der Waals surface area (Å²) in [6, 6.07) is 4.63. The van der Waals surface area contributed by atoms with Crippen LogP contribution in [0, 0.1) is 12.8 Å². The fourth-order valence-corrected chi connectivity index (χ4v) is 4.88. The number of aromatic nitrogens is 1. The smallest absolute Gasteiger partial charge is 0.394 e. The first kappa shape index (κ1) is 20.9. The monoisotopic (exact) mass is 421 g/mol. The molecule has 1 amide bonds. The van der Waals surface area contributed by atoms with E-state index < -0.39 is 12.2 Å². The highest BCUT2D eigenvalue weighted by Crippen LogP contribution is 2.45. The molecule has 5 nitrogen and oxygen atoms in total. The molecule has 2 N–H and O–H groups in total. The van der Waals surface area contributed by atoms with Gasteiger partial charge in [0.25, 0.3) is 0 Å². The van der Waals surface area contributed by atoms with Crippen molar-refractivity contribution in [2.24, 2.45) is 5.92 Å². The number of aliphatic hydroxyl groups excluding tert-OH is 1. The van der Waals surface area contributed by atoms with Crippen LogP contribution in [0.4, 0.5) is 13.2 Å². The van der Waals surface area contributed by atoms with E-state index >= 15 is 0 Å². The Morgan fingerprint density at radius 3 is 2.73 bits per heavy atom. The Morgan fingerprint density at radius 2 is 2.10 bits per heavy atom. The Morgan fingerprint density at radius 1 is 1.37 bits per heavy atom. The van der Waals surface area contributed by atoms with Crippen LogP contribution in [-0.2, 0) is 17.5 Å². The SMILES string of the molecule is CC[C@@H](CO)NC(=O)[C@@H]1C=C2c3cccc4c3c(c(C)n4C(F)(F)F)C[C@H]2N(C)C1. The number of fused-ring (bicyclic) bond motifs is 2. The highest BCUT2D eigenvalue weighted by atomic mass is 19.4. The third-order valence-electron chi connectivity index (χ3n) is 6.47. The first-order chi connectivity index (χ1) is 14.2. The molecule has 0 radical (unpaired) electrons. The molecule has 1 aromatic carbocycles. The number of amides is 1. The largest absolute Gasteiger partial charge is 0.489 e. The zero-order valence-corrected chi connectivity index (χ0v) is 17.3. The van der Waals surface area contributed by atoms with Crippen molar-refractivity contribution in [2.75, 3.05) is 20.2 Å². The molecule has 0 bridgehead atoms. The van der Waals surface area contributed by atoms with Crippen molar-refractivity contribution in [1.82, 2.24) is 14.8 Å². The molecule has 1 aliphatic heterocycles. The molecule has 30 heavy (non-hydrogen) atoms. The van der Waals surface area contributed by atoms with Crippen LogP contribution >= 0.6 is 0 Å². The molecule has 1 aliphatic carbocycles. The lowest BCUT2D eigenvalue weighted by molar-refractivity contribution is -0.201. The number of alkyl halides is 3. The van der Waals surface area contributed by atoms with Crippen molar-refractivity contribution < 1.29 is 23.1 Å². The average molecular weight is 421 g/mol. The maximum atomic E-state index is 13.7. The van der Waals surface area contributed by atoms with Gasteiger partial charge in [0.1, 0.15) is 0 Å². The molecule has 0 saturated carbocycles. The van der Waals surface area contributed by atoms with E-state index in [9.17, 15) is 23.1 Å². The molecule has 3 atom stereocenters. The first-order valence-electron chi connectivity index (χ1n) is 10.2. The van der Waals surface area contributed by atoms with Gasteiger partial charge in [-0.25, -0.2) is 0 Å². The number of aliphatic hydroxyl groups is 1. The summed E-state index contributed by atoms with van der Waals surface area (Å²) in [5, 5.41) is 12.9. The lowest BCUT2D eigenvalue weighted by Gasteiger charge is -2.39. The Labute approximate surface area is 173 Å². The summed E-state index contributed by atoms with van der Waals surface area (Å²) in [6.45, 7) is 3.77. The van der Waals surface area contributed by atoms with Crippen molar-refractivity contribution in [3.05, 3.63) is 41.1 Å². The van der Waals surface area contributed by atoms with Crippen LogP contribution in [-0.4, -0.2) is 52.8 Å². The number of likely N-dealkylation sites (N-methyl/N-ethyl adjacent to an activating group) is 1. The zero-order chi connectivity index (χ0) is 21.8. The Bertz CT molecular complexity index is 1020. The molecular formula is C22H26F3N3O2. The lowest BCUT2D eigenvalue weighted by atomic mass is 9.79. The molecule has 0 unspecified atom stereocenters. The minimum Gasteiger partial charge on any atom is -0.394 e. The minimum absolute atomic E-state index is 0.0743. The van der Waals surface area contributed by atoms with Gasteiger partial charge in [-0.15, -0.1) is 13.2 Å². The van der Waals surface area contributed by atoms with Crippen molar-refractivity contribution >= 4 is 22.4 Å². The van der Waals surface area contributed by atoms with Gasteiger partial charge in [0, 0.05) is 23.7 Å². The van der Waals surface area contributed by atoms with E-state index in [2.05, 4.69) is 5.32 Å². The summed E-state index contributed by atoms with van der Waals surface area (Å²) >= 11 is 0. The minimum atomic E-state index is -4.49. The highest BCUT2D eigenvalue weighted by molar-refractivity contribution is 6.00. The van der Waals surface area contributed by atoms with Crippen LogP contribution in [0.3, 0.4) is 0 Å². The summed E-state index contributed by atoms with van der Waals surface area (Å²) in [5.41, 5.74) is 2.78. The van der Waals surface area contributed by atoms with Gasteiger partial charge >= 0.3 is 6.30 Å². The van der Waals surface area contributed by atoms with Crippen molar-refractivity contribution in [3.8, 4) is 0 Å². The maximum absolute atomic E-state index is 13.7. The van der Waals surface area contributed by atoms with Gasteiger partial charge in [0.15, 0.2) is 0 Å². The highest BCUT2D eigenvalue weighted by Gasteiger charge is 2.41. The Hall–Kier alpha value is -2.32. The molecule has 2 heterocycles. The first-order valence-corrected chi connectivity index (χ1v) is 10.2. The molecule has 0 saturated heterocycles. The number of halogens is 3. The Kier molecular flexibility index (Phi) is 5.18. The van der Waals surface area contributed by atoms with E-state index in [1.165, 1.54) is 13.0 Å². The maximum Gasteiger partial charge on any atom is 0.489 e. The molecule has 4 rings (SSSR count). The number of benzene rings is 1. The summed E-state index contributed by atoms with van der Waals surface area (Å²) in [6.07, 6.45) is -1.48. The molecule has 2 aliphatic rings. The van der Waals surface area contributed by atoms with Gasteiger partial charge < -0.3 is 10.4 Å². The van der Waals surface area contributed by atoms with Crippen LogP contribution in [0.5, 0.6) is 0 Å². The van der Waals surface area contributed by atoms with Gasteiger partial charge in [-0.3, -0.25) is 14.3 Å². The van der Waals surface area contributed by atoms with E-state index in [1.807, 2.05) is 31.0 Å². The van der Waals surface area contributed by atoms with E-state index in [-0.39, 0.29) is 35.8 Å². The van der Waals surface area contributed by atoms with Crippen LogP contribution in [0.1, 0.15) is 30.2 Å². The van der Waals surface area contributed by atoms with Crippen molar-refractivity contribution in [1.29, 1.82) is 0 Å². The van der Waals surface area contributed by atoms with Crippen molar-refractivity contribution in [2.45, 2.75) is 45.1 Å². The van der Waals surface area contributed by atoms with Crippen LogP contribution in [0.15, 0.2) is 24.3 Å². The number of hydrogen-bond donors (Lipinski definition) is 2. The molecular weight excluding hydrogens is 395 g/mol. The predicted octanol–water partition coefficient (Wildman–Crippen LogP) is 3.18. The number of carbonyl (C=O) groups excluding carboxylic acids is 1. The quantitative estimate of drug-likeness (QED) is 0.797. The molecule has 8 heteroatoms. The fourth-order valence-electron chi connectivity index (χ4n) is 4.88. The van der Waals surface area contributed by atoms with E-state index in [0.717, 1.165) is 16.7 Å². The number of nitrogens with one attached hydrogen (secondary N) is 1. The number of carbonyl (C=O) groups is 1. The molecule has 0 fully saturated rings. The number of rotatable bonds is 4. The lowest BCUT2D eigenvalue weighted by Crippen LogP contribution is -2.48. The molecule has 2 aromatic rings. The average Bonchev–Trinajstić information content (AvgIpc) is 2.99. The van der Waals surface area contributed by atoms with Crippen LogP contribution in [0.2, 0.25) is 0 Å². The van der Waals surface area contributed by atoms with Crippen LogP contribution < -0.4 is 5.32 Å². The second kappa shape index (κ2) is 7.42. The molecule has 0 spiro atoms. The van der Waals surface area contributed by atoms with Crippen molar-refractivity contribution in [3.63, 3.8) is 0 Å². The third kappa shape index (κ3) is 3.22. The Balaban J connectivity index is 1.82. The molecule has 162 valence electrons. The summed E-state index contributed by atoms with van der Waals surface area (Å²) < 4.78 is 41.7. The second-order valence-corrected chi connectivity index (χ2v) is 8.25. The van der Waals surface area contributed by atoms with Gasteiger partial charge in [-0.05, 0) is 49.6 Å². The topological polar surface area (TPSA) is 57.5 Å². The van der Waals surface area contributed by atoms with Gasteiger partial charge in [0.2, 0.25) is 5.91 Å². The number of hydrogen-bond acceptors (Lipinski definition) is 3.